The molecule has 1 unspecified atom stereocenters. The fourth-order valence-corrected chi connectivity index (χ4v) is 5.71. The van der Waals surface area contributed by atoms with Crippen molar-refractivity contribution in [1.29, 1.82) is 0 Å². The molecule has 1 atom stereocenters. The van der Waals surface area contributed by atoms with Crippen molar-refractivity contribution in [2.75, 3.05) is 0 Å². The summed E-state index contributed by atoms with van der Waals surface area (Å²) in [6, 6.07) is 0. The third-order valence-electron chi connectivity index (χ3n) is 8.49. The Kier molecular flexibility index (Phi) is 33.1. The molecule has 42 heavy (non-hydrogen) atoms. The van der Waals surface area contributed by atoms with E-state index in [9.17, 15) is 9.59 Å². The maximum Gasteiger partial charge on any atom is 0.306 e. The number of hydrogen-bond donors (Lipinski definition) is 1. The second-order valence-corrected chi connectivity index (χ2v) is 12.8. The number of esters is 1. The molecule has 0 aromatic carbocycles. The van der Waals surface area contributed by atoms with E-state index in [-0.39, 0.29) is 18.5 Å². The monoisotopic (exact) mass is 593 g/mol. The van der Waals surface area contributed by atoms with Gasteiger partial charge in [0.05, 0.1) is 0 Å². The van der Waals surface area contributed by atoms with E-state index < -0.39 is 5.97 Å². The fourth-order valence-electron chi connectivity index (χ4n) is 5.71. The lowest BCUT2D eigenvalue weighted by molar-refractivity contribution is -0.150. The molecule has 0 aromatic rings. The highest BCUT2D eigenvalue weighted by molar-refractivity contribution is 5.69. The summed E-state index contributed by atoms with van der Waals surface area (Å²) in [6.45, 7) is 4.51. The van der Waals surface area contributed by atoms with Gasteiger partial charge in [0, 0.05) is 12.8 Å². The molecule has 0 saturated heterocycles. The molecule has 0 fully saturated rings. The summed E-state index contributed by atoms with van der Waals surface area (Å²) >= 11 is 0. The number of carboxylic acid groups (broad SMARTS) is 1. The summed E-state index contributed by atoms with van der Waals surface area (Å²) in [6.07, 6.45) is 41.1. The van der Waals surface area contributed by atoms with Crippen molar-refractivity contribution in [2.24, 2.45) is 0 Å². The normalized spacial score (nSPS) is 12.2. The Bertz CT molecular complexity index is 600. The third-order valence-corrected chi connectivity index (χ3v) is 8.49. The van der Waals surface area contributed by atoms with Gasteiger partial charge in [0.25, 0.3) is 0 Å². The van der Waals surface area contributed by atoms with Gasteiger partial charge in [0.2, 0.25) is 0 Å². The minimum atomic E-state index is -0.693. The van der Waals surface area contributed by atoms with Crippen LogP contribution in [0.15, 0.2) is 12.2 Å². The van der Waals surface area contributed by atoms with Gasteiger partial charge in [-0.15, -0.1) is 0 Å². The molecule has 0 aliphatic carbocycles. The van der Waals surface area contributed by atoms with Crippen molar-refractivity contribution in [3.8, 4) is 0 Å². The van der Waals surface area contributed by atoms with Crippen molar-refractivity contribution in [2.45, 2.75) is 219 Å². The lowest BCUT2D eigenvalue weighted by Crippen LogP contribution is -2.18. The highest BCUT2D eigenvalue weighted by atomic mass is 16.5. The minimum absolute atomic E-state index is 0.00480. The average Bonchev–Trinajstić information content (AvgIpc) is 2.97. The first-order valence-electron chi connectivity index (χ1n) is 18.7. The molecule has 248 valence electrons. The molecule has 0 amide bonds. The predicted octanol–water partition coefficient (Wildman–Crippen LogP) is 12.7. The predicted molar refractivity (Wildman–Crippen MR) is 181 cm³/mol. The lowest BCUT2D eigenvalue weighted by Gasteiger charge is -2.18. The standard InChI is InChI=1S/C38H72O4/c1-3-5-7-9-10-11-12-13-14-15-16-17-18-19-20-21-22-27-31-35-38(41)42-36(32-28-8-6-4-2)33-29-25-23-24-26-30-34-37(39)40/h13-14,36H,3-12,15-35H2,1-2H3,(H,39,40)/b14-13-. The van der Waals surface area contributed by atoms with Gasteiger partial charge in [0.15, 0.2) is 0 Å². The SMILES string of the molecule is CCCCCCCC/C=C\CCCCCCCCCCCC(=O)OC(CCCCCC)CCCCCCCCC(=O)O. The van der Waals surface area contributed by atoms with E-state index in [1.165, 1.54) is 116 Å². The quantitative estimate of drug-likeness (QED) is 0.0458. The molecule has 0 rings (SSSR count). The van der Waals surface area contributed by atoms with Crippen LogP contribution in [0, 0.1) is 0 Å². The van der Waals surface area contributed by atoms with Crippen LogP contribution in [-0.4, -0.2) is 23.1 Å². The number of unbranched alkanes of at least 4 members (excludes halogenated alkanes) is 23. The number of carbonyl (C=O) groups is 2. The van der Waals surface area contributed by atoms with Gasteiger partial charge in [-0.05, 0) is 64.2 Å². The number of carbonyl (C=O) groups excluding carboxylic acids is 1. The van der Waals surface area contributed by atoms with Crippen LogP contribution in [0.4, 0.5) is 0 Å². The zero-order valence-electron chi connectivity index (χ0n) is 28.3. The molecule has 0 aliphatic rings. The molecule has 0 aromatic heterocycles. The summed E-state index contributed by atoms with van der Waals surface area (Å²) in [5.74, 6) is -0.689. The van der Waals surface area contributed by atoms with Crippen LogP contribution >= 0.6 is 0 Å². The molecule has 0 radical (unpaired) electrons. The van der Waals surface area contributed by atoms with E-state index in [4.69, 9.17) is 9.84 Å². The van der Waals surface area contributed by atoms with Crippen LogP contribution in [0.2, 0.25) is 0 Å². The van der Waals surface area contributed by atoms with Crippen LogP contribution < -0.4 is 0 Å². The molecule has 0 heterocycles. The average molecular weight is 593 g/mol. The van der Waals surface area contributed by atoms with Crippen molar-refractivity contribution in [1.82, 2.24) is 0 Å². The van der Waals surface area contributed by atoms with E-state index in [2.05, 4.69) is 26.0 Å². The maximum absolute atomic E-state index is 12.5. The lowest BCUT2D eigenvalue weighted by atomic mass is 10.0. The fraction of sp³-hybridized carbons (Fsp3) is 0.895. The highest BCUT2D eigenvalue weighted by Crippen LogP contribution is 2.18. The summed E-state index contributed by atoms with van der Waals surface area (Å²) in [5, 5.41) is 8.73. The molecule has 0 spiro atoms. The highest BCUT2D eigenvalue weighted by Gasteiger charge is 2.14. The van der Waals surface area contributed by atoms with Gasteiger partial charge in [-0.3, -0.25) is 9.59 Å². The van der Waals surface area contributed by atoms with Crippen molar-refractivity contribution >= 4 is 11.9 Å². The summed E-state index contributed by atoms with van der Waals surface area (Å²) in [7, 11) is 0. The Balaban J connectivity index is 3.72. The topological polar surface area (TPSA) is 63.6 Å². The van der Waals surface area contributed by atoms with Gasteiger partial charge < -0.3 is 9.84 Å². The zero-order chi connectivity index (χ0) is 30.8. The third kappa shape index (κ3) is 33.2. The molecule has 0 bridgehead atoms. The maximum atomic E-state index is 12.5. The molecule has 4 heteroatoms. The van der Waals surface area contributed by atoms with Crippen LogP contribution in [0.25, 0.3) is 0 Å². The second kappa shape index (κ2) is 34.2. The van der Waals surface area contributed by atoms with Crippen LogP contribution in [0.1, 0.15) is 213 Å². The van der Waals surface area contributed by atoms with Gasteiger partial charge in [-0.2, -0.15) is 0 Å². The van der Waals surface area contributed by atoms with Gasteiger partial charge in [-0.1, -0.05) is 148 Å². The number of hydrogen-bond acceptors (Lipinski definition) is 3. The summed E-state index contributed by atoms with van der Waals surface area (Å²) in [5.41, 5.74) is 0. The molecule has 0 aliphatic heterocycles. The summed E-state index contributed by atoms with van der Waals surface area (Å²) < 4.78 is 5.93. The first kappa shape index (κ1) is 40.7. The van der Waals surface area contributed by atoms with Crippen LogP contribution in [0.3, 0.4) is 0 Å². The molecule has 0 saturated carbocycles. The number of carboxylic acids is 1. The number of allylic oxidation sites excluding steroid dienone is 2. The second-order valence-electron chi connectivity index (χ2n) is 12.8. The first-order chi connectivity index (χ1) is 20.6. The van der Waals surface area contributed by atoms with Crippen LogP contribution in [-0.2, 0) is 14.3 Å². The van der Waals surface area contributed by atoms with Crippen molar-refractivity contribution in [3.05, 3.63) is 12.2 Å². The van der Waals surface area contributed by atoms with Gasteiger partial charge in [-0.25, -0.2) is 0 Å². The minimum Gasteiger partial charge on any atom is -0.481 e. The van der Waals surface area contributed by atoms with E-state index in [1.807, 2.05) is 0 Å². The molecule has 1 N–H and O–H groups in total. The number of rotatable bonds is 34. The Morgan fingerprint density at radius 1 is 0.500 bits per heavy atom. The van der Waals surface area contributed by atoms with Gasteiger partial charge >= 0.3 is 11.9 Å². The van der Waals surface area contributed by atoms with Crippen molar-refractivity contribution in [3.63, 3.8) is 0 Å². The molecular weight excluding hydrogens is 520 g/mol. The Morgan fingerprint density at radius 2 is 0.857 bits per heavy atom. The Morgan fingerprint density at radius 3 is 1.31 bits per heavy atom. The van der Waals surface area contributed by atoms with E-state index >= 15 is 0 Å². The van der Waals surface area contributed by atoms with Gasteiger partial charge in [0.1, 0.15) is 6.10 Å². The largest absolute Gasteiger partial charge is 0.481 e. The van der Waals surface area contributed by atoms with Crippen LogP contribution in [0.5, 0.6) is 0 Å². The Labute approximate surface area is 262 Å². The zero-order valence-corrected chi connectivity index (χ0v) is 28.3. The van der Waals surface area contributed by atoms with Crippen molar-refractivity contribution < 1.29 is 19.4 Å². The number of aliphatic carboxylic acids is 1. The van der Waals surface area contributed by atoms with E-state index in [0.29, 0.717) is 6.42 Å². The molecular formula is C38H72O4. The van der Waals surface area contributed by atoms with E-state index in [0.717, 1.165) is 70.6 Å². The number of ether oxygens (including phenoxy) is 1. The Hall–Kier alpha value is -1.32. The van der Waals surface area contributed by atoms with E-state index in [1.54, 1.807) is 0 Å². The smallest absolute Gasteiger partial charge is 0.306 e. The molecule has 4 nitrogen and oxygen atoms in total. The first-order valence-corrected chi connectivity index (χ1v) is 18.7. The summed E-state index contributed by atoms with van der Waals surface area (Å²) in [4.78, 5) is 23.1.